The summed E-state index contributed by atoms with van der Waals surface area (Å²) in [6, 6.07) is 12.0. The van der Waals surface area contributed by atoms with E-state index in [0.29, 0.717) is 5.95 Å². The SMILES string of the molecule is Cc1nn(C2CCCCO2)c2cc(Nc3nc4ccccn4n3)ccc12. The molecule has 3 aromatic heterocycles. The molecule has 132 valence electrons. The van der Waals surface area contributed by atoms with Crippen LogP contribution in [0, 0.1) is 6.92 Å². The van der Waals surface area contributed by atoms with E-state index < -0.39 is 0 Å². The van der Waals surface area contributed by atoms with Crippen molar-refractivity contribution < 1.29 is 4.74 Å². The fourth-order valence-corrected chi connectivity index (χ4v) is 3.52. The summed E-state index contributed by atoms with van der Waals surface area (Å²) in [7, 11) is 0. The number of pyridine rings is 1. The largest absolute Gasteiger partial charge is 0.356 e. The van der Waals surface area contributed by atoms with Gasteiger partial charge in [0.1, 0.15) is 0 Å². The second-order valence-electron chi connectivity index (χ2n) is 6.65. The van der Waals surface area contributed by atoms with E-state index in [0.717, 1.165) is 47.4 Å². The Morgan fingerprint density at radius 2 is 2.12 bits per heavy atom. The predicted octanol–water partition coefficient (Wildman–Crippen LogP) is 3.83. The summed E-state index contributed by atoms with van der Waals surface area (Å²) < 4.78 is 9.71. The summed E-state index contributed by atoms with van der Waals surface area (Å²) in [5.41, 5.74) is 3.84. The van der Waals surface area contributed by atoms with Crippen molar-refractivity contribution in [1.29, 1.82) is 0 Å². The number of aromatic nitrogens is 5. The molecule has 7 nitrogen and oxygen atoms in total. The maximum atomic E-state index is 5.94. The molecule has 0 saturated carbocycles. The van der Waals surface area contributed by atoms with E-state index >= 15 is 0 Å². The number of benzene rings is 1. The van der Waals surface area contributed by atoms with E-state index in [1.54, 1.807) is 4.52 Å². The van der Waals surface area contributed by atoms with Crippen LogP contribution >= 0.6 is 0 Å². The standard InChI is InChI=1S/C19H20N6O/c1-13-15-9-8-14(20-19-21-17-6-2-4-10-24(17)23-19)12-16(15)25(22-13)18-7-3-5-11-26-18/h2,4,6,8-10,12,18H,3,5,7,11H2,1H3,(H,20,23). The lowest BCUT2D eigenvalue weighted by Crippen LogP contribution is -2.19. The Labute approximate surface area is 150 Å². The summed E-state index contributed by atoms with van der Waals surface area (Å²) in [6.07, 6.45) is 5.20. The molecule has 0 spiro atoms. The van der Waals surface area contributed by atoms with Gasteiger partial charge in [-0.25, -0.2) is 9.20 Å². The van der Waals surface area contributed by atoms with Gasteiger partial charge in [-0.3, -0.25) is 0 Å². The Kier molecular flexibility index (Phi) is 3.60. The minimum absolute atomic E-state index is 0.0171. The molecule has 4 heterocycles. The minimum atomic E-state index is 0.0171. The summed E-state index contributed by atoms with van der Waals surface area (Å²) >= 11 is 0. The van der Waals surface area contributed by atoms with E-state index in [9.17, 15) is 0 Å². The number of aryl methyl sites for hydroxylation is 1. The van der Waals surface area contributed by atoms with E-state index in [-0.39, 0.29) is 6.23 Å². The summed E-state index contributed by atoms with van der Waals surface area (Å²) in [5.74, 6) is 0.576. The van der Waals surface area contributed by atoms with Gasteiger partial charge in [-0.15, -0.1) is 5.10 Å². The van der Waals surface area contributed by atoms with Crippen molar-refractivity contribution in [3.05, 3.63) is 48.3 Å². The van der Waals surface area contributed by atoms with Crippen molar-refractivity contribution in [3.63, 3.8) is 0 Å². The number of hydrogen-bond acceptors (Lipinski definition) is 5. The number of rotatable bonds is 3. The van der Waals surface area contributed by atoms with Gasteiger partial charge < -0.3 is 10.1 Å². The van der Waals surface area contributed by atoms with Crippen LogP contribution in [0.2, 0.25) is 0 Å². The number of ether oxygens (including phenoxy) is 1. The van der Waals surface area contributed by atoms with Crippen LogP contribution in [0.15, 0.2) is 42.6 Å². The fourth-order valence-electron chi connectivity index (χ4n) is 3.52. The molecule has 7 heteroatoms. The maximum absolute atomic E-state index is 5.94. The first-order valence-electron chi connectivity index (χ1n) is 8.97. The number of anilines is 2. The summed E-state index contributed by atoms with van der Waals surface area (Å²) in [6.45, 7) is 2.84. The van der Waals surface area contributed by atoms with Gasteiger partial charge in [0.2, 0.25) is 5.95 Å². The van der Waals surface area contributed by atoms with Gasteiger partial charge in [-0.05, 0) is 56.5 Å². The topological polar surface area (TPSA) is 69.3 Å². The maximum Gasteiger partial charge on any atom is 0.247 e. The van der Waals surface area contributed by atoms with E-state index in [1.807, 2.05) is 42.1 Å². The number of nitrogens with one attached hydrogen (secondary N) is 1. The van der Waals surface area contributed by atoms with Crippen LogP contribution in [0.4, 0.5) is 11.6 Å². The molecule has 0 radical (unpaired) electrons. The first kappa shape index (κ1) is 15.3. The van der Waals surface area contributed by atoms with Crippen molar-refractivity contribution in [1.82, 2.24) is 24.4 Å². The highest BCUT2D eigenvalue weighted by Gasteiger charge is 2.20. The molecule has 1 aromatic carbocycles. The van der Waals surface area contributed by atoms with Gasteiger partial charge in [0, 0.05) is 23.9 Å². The molecule has 0 bridgehead atoms. The molecule has 0 aliphatic carbocycles. The average molecular weight is 348 g/mol. The molecule has 1 atom stereocenters. The van der Waals surface area contributed by atoms with Gasteiger partial charge in [0.15, 0.2) is 11.9 Å². The summed E-state index contributed by atoms with van der Waals surface area (Å²) in [5, 5.41) is 13.6. The Hall–Kier alpha value is -2.93. The zero-order valence-electron chi connectivity index (χ0n) is 14.6. The third kappa shape index (κ3) is 2.61. The highest BCUT2D eigenvalue weighted by atomic mass is 16.5. The van der Waals surface area contributed by atoms with Crippen LogP contribution < -0.4 is 5.32 Å². The van der Waals surface area contributed by atoms with E-state index in [1.165, 1.54) is 6.42 Å². The molecule has 4 aromatic rings. The molecule has 5 rings (SSSR count). The zero-order valence-corrected chi connectivity index (χ0v) is 14.6. The molecule has 0 amide bonds. The summed E-state index contributed by atoms with van der Waals surface area (Å²) in [4.78, 5) is 4.50. The smallest absolute Gasteiger partial charge is 0.247 e. The van der Waals surface area contributed by atoms with Gasteiger partial charge in [0.05, 0.1) is 11.2 Å². The van der Waals surface area contributed by atoms with Crippen LogP contribution in [0.3, 0.4) is 0 Å². The molecule has 1 saturated heterocycles. The lowest BCUT2D eigenvalue weighted by atomic mass is 10.1. The van der Waals surface area contributed by atoms with Crippen molar-refractivity contribution in [2.24, 2.45) is 0 Å². The quantitative estimate of drug-likeness (QED) is 0.609. The average Bonchev–Trinajstić information content (AvgIpc) is 3.23. The molecule has 26 heavy (non-hydrogen) atoms. The van der Waals surface area contributed by atoms with Gasteiger partial charge >= 0.3 is 0 Å². The molecular formula is C19H20N6O. The molecule has 1 aliphatic rings. The third-order valence-corrected chi connectivity index (χ3v) is 4.82. The highest BCUT2D eigenvalue weighted by molar-refractivity contribution is 5.85. The van der Waals surface area contributed by atoms with Crippen LogP contribution in [-0.4, -0.2) is 31.0 Å². The second-order valence-corrected chi connectivity index (χ2v) is 6.65. The first-order chi connectivity index (χ1) is 12.8. The lowest BCUT2D eigenvalue weighted by Gasteiger charge is -2.23. The normalized spacial score (nSPS) is 17.8. The molecule has 1 aliphatic heterocycles. The van der Waals surface area contributed by atoms with Crippen molar-refractivity contribution in [2.75, 3.05) is 11.9 Å². The van der Waals surface area contributed by atoms with Crippen LogP contribution in [-0.2, 0) is 4.74 Å². The third-order valence-electron chi connectivity index (χ3n) is 4.82. The van der Waals surface area contributed by atoms with Crippen LogP contribution in [0.25, 0.3) is 16.6 Å². The minimum Gasteiger partial charge on any atom is -0.356 e. The van der Waals surface area contributed by atoms with Crippen molar-refractivity contribution in [3.8, 4) is 0 Å². The first-order valence-corrected chi connectivity index (χ1v) is 8.97. The highest BCUT2D eigenvalue weighted by Crippen LogP contribution is 2.30. The van der Waals surface area contributed by atoms with Crippen LogP contribution in [0.1, 0.15) is 31.2 Å². The number of hydrogen-bond donors (Lipinski definition) is 1. The lowest BCUT2D eigenvalue weighted by molar-refractivity contribution is -0.0368. The molecule has 1 fully saturated rings. The number of nitrogens with zero attached hydrogens (tertiary/aromatic N) is 5. The van der Waals surface area contributed by atoms with Gasteiger partial charge in [0.25, 0.3) is 0 Å². The molecule has 1 unspecified atom stereocenters. The van der Waals surface area contributed by atoms with E-state index in [2.05, 4.69) is 27.5 Å². The van der Waals surface area contributed by atoms with Gasteiger partial charge in [-0.1, -0.05) is 6.07 Å². The molecule has 1 N–H and O–H groups in total. The van der Waals surface area contributed by atoms with Gasteiger partial charge in [-0.2, -0.15) is 10.1 Å². The Morgan fingerprint density at radius 3 is 2.96 bits per heavy atom. The monoisotopic (exact) mass is 348 g/mol. The Balaban J connectivity index is 1.52. The predicted molar refractivity (Wildman–Crippen MR) is 99.6 cm³/mol. The van der Waals surface area contributed by atoms with E-state index in [4.69, 9.17) is 9.84 Å². The van der Waals surface area contributed by atoms with Crippen molar-refractivity contribution >= 4 is 28.2 Å². The zero-order chi connectivity index (χ0) is 17.5. The second kappa shape index (κ2) is 6.10. The molecular weight excluding hydrogens is 328 g/mol. The Bertz CT molecular complexity index is 1040. The Morgan fingerprint density at radius 1 is 1.15 bits per heavy atom. The fraction of sp³-hybridized carbons (Fsp3) is 0.316. The number of fused-ring (bicyclic) bond motifs is 2. The van der Waals surface area contributed by atoms with Crippen LogP contribution in [0.5, 0.6) is 0 Å². The van der Waals surface area contributed by atoms with Crippen molar-refractivity contribution in [2.45, 2.75) is 32.4 Å².